The third kappa shape index (κ3) is 4.90. The van der Waals surface area contributed by atoms with Gasteiger partial charge in [-0.05, 0) is 29.8 Å². The topological polar surface area (TPSA) is 56.2 Å². The van der Waals surface area contributed by atoms with Gasteiger partial charge in [0.05, 0.1) is 30.0 Å². The summed E-state index contributed by atoms with van der Waals surface area (Å²) in [6.07, 6.45) is 0. The van der Waals surface area contributed by atoms with Crippen molar-refractivity contribution in [1.82, 2.24) is 4.90 Å². The van der Waals surface area contributed by atoms with Crippen molar-refractivity contribution in [2.24, 2.45) is 0 Å². The van der Waals surface area contributed by atoms with Crippen molar-refractivity contribution < 1.29 is 19.3 Å². The van der Waals surface area contributed by atoms with Crippen molar-refractivity contribution in [3.05, 3.63) is 58.9 Å². The zero-order chi connectivity index (χ0) is 19.2. The minimum atomic E-state index is -0.277. The number of benzene rings is 2. The quantitative estimate of drug-likeness (QED) is 0.756. The molecular formula is C20H24ClFN2O3. The lowest BCUT2D eigenvalue weighted by atomic mass is 10.0. The maximum absolute atomic E-state index is 13.2. The summed E-state index contributed by atoms with van der Waals surface area (Å²) in [5.74, 6) is 0.356. The predicted octanol–water partition coefficient (Wildman–Crippen LogP) is 2.71. The summed E-state index contributed by atoms with van der Waals surface area (Å²) >= 11 is 6.41. The van der Waals surface area contributed by atoms with E-state index in [0.29, 0.717) is 10.8 Å². The van der Waals surface area contributed by atoms with Crippen LogP contribution in [-0.4, -0.2) is 61.1 Å². The number of nitrogens with zero attached hydrogens (tertiary/aromatic N) is 2. The van der Waals surface area contributed by atoms with Crippen molar-refractivity contribution in [2.75, 3.05) is 50.9 Å². The third-order valence-corrected chi connectivity index (χ3v) is 5.11. The van der Waals surface area contributed by atoms with Gasteiger partial charge in [0.25, 0.3) is 0 Å². The molecule has 0 aliphatic carbocycles. The largest absolute Gasteiger partial charge is 0.491 e. The Balaban J connectivity index is 1.63. The Morgan fingerprint density at radius 3 is 2.33 bits per heavy atom. The first-order valence-corrected chi connectivity index (χ1v) is 9.38. The van der Waals surface area contributed by atoms with Crippen LogP contribution in [0.25, 0.3) is 0 Å². The maximum Gasteiger partial charge on any atom is 0.123 e. The van der Waals surface area contributed by atoms with Crippen molar-refractivity contribution in [1.29, 1.82) is 0 Å². The summed E-state index contributed by atoms with van der Waals surface area (Å²) in [6.45, 7) is 3.26. The second kappa shape index (κ2) is 9.37. The molecule has 7 heteroatoms. The van der Waals surface area contributed by atoms with E-state index in [2.05, 4.69) is 9.80 Å². The molecule has 0 radical (unpaired) electrons. The molecule has 1 unspecified atom stereocenters. The van der Waals surface area contributed by atoms with E-state index in [0.717, 1.165) is 37.4 Å². The molecule has 1 aliphatic heterocycles. The lowest BCUT2D eigenvalue weighted by molar-refractivity contribution is 0.117. The lowest BCUT2D eigenvalue weighted by Crippen LogP contribution is -2.48. The van der Waals surface area contributed by atoms with Gasteiger partial charge < -0.3 is 19.8 Å². The SMILES string of the molecule is OCCOc1ccc(N2CCN(C(CO)c3ccc(F)cc3)CC2)c(Cl)c1. The van der Waals surface area contributed by atoms with E-state index >= 15 is 0 Å². The Hall–Kier alpha value is -1.86. The van der Waals surface area contributed by atoms with Crippen molar-refractivity contribution in [2.45, 2.75) is 6.04 Å². The second-order valence-electron chi connectivity index (χ2n) is 6.46. The van der Waals surface area contributed by atoms with Gasteiger partial charge in [0.15, 0.2) is 0 Å². The van der Waals surface area contributed by atoms with E-state index in [1.54, 1.807) is 18.2 Å². The Labute approximate surface area is 163 Å². The summed E-state index contributed by atoms with van der Waals surface area (Å²) in [5.41, 5.74) is 1.85. The number of aliphatic hydroxyl groups is 2. The Morgan fingerprint density at radius 1 is 1.04 bits per heavy atom. The lowest BCUT2D eigenvalue weighted by Gasteiger charge is -2.40. The minimum Gasteiger partial charge on any atom is -0.491 e. The van der Waals surface area contributed by atoms with Gasteiger partial charge in [0.1, 0.15) is 18.2 Å². The van der Waals surface area contributed by atoms with Crippen LogP contribution in [0.3, 0.4) is 0 Å². The standard InChI is InChI=1S/C20H24ClFN2O3/c21-18-13-17(27-12-11-25)5-6-19(18)23-7-9-24(10-8-23)20(14-26)15-1-3-16(22)4-2-15/h1-6,13,20,25-26H,7-12,14H2. The zero-order valence-corrected chi connectivity index (χ0v) is 15.8. The van der Waals surface area contributed by atoms with Gasteiger partial charge in [-0.15, -0.1) is 0 Å². The zero-order valence-electron chi connectivity index (χ0n) is 15.0. The van der Waals surface area contributed by atoms with Crippen molar-refractivity contribution in [3.63, 3.8) is 0 Å². The molecule has 0 aromatic heterocycles. The molecule has 0 amide bonds. The van der Waals surface area contributed by atoms with Gasteiger partial charge in [0, 0.05) is 32.2 Å². The molecule has 1 saturated heterocycles. The van der Waals surface area contributed by atoms with Gasteiger partial charge in [-0.3, -0.25) is 4.90 Å². The number of anilines is 1. The normalized spacial score (nSPS) is 16.4. The molecule has 2 aromatic rings. The van der Waals surface area contributed by atoms with Crippen LogP contribution in [0.4, 0.5) is 10.1 Å². The molecule has 1 heterocycles. The highest BCUT2D eigenvalue weighted by Crippen LogP contribution is 2.31. The summed E-state index contributed by atoms with van der Waals surface area (Å²) in [7, 11) is 0. The van der Waals surface area contributed by atoms with Crippen LogP contribution < -0.4 is 9.64 Å². The third-order valence-electron chi connectivity index (χ3n) is 4.80. The fourth-order valence-electron chi connectivity index (χ4n) is 3.39. The molecule has 1 fully saturated rings. The molecule has 0 bridgehead atoms. The number of rotatable bonds is 7. The first-order valence-electron chi connectivity index (χ1n) is 9.01. The number of hydrogen-bond acceptors (Lipinski definition) is 5. The van der Waals surface area contributed by atoms with E-state index in [9.17, 15) is 9.50 Å². The summed E-state index contributed by atoms with van der Waals surface area (Å²) in [6, 6.07) is 11.7. The molecular weight excluding hydrogens is 371 g/mol. The van der Waals surface area contributed by atoms with Crippen LogP contribution in [0, 0.1) is 5.82 Å². The fraction of sp³-hybridized carbons (Fsp3) is 0.400. The van der Waals surface area contributed by atoms with Gasteiger partial charge in [-0.2, -0.15) is 0 Å². The van der Waals surface area contributed by atoms with E-state index in [-0.39, 0.29) is 31.7 Å². The van der Waals surface area contributed by atoms with Gasteiger partial charge in [0.2, 0.25) is 0 Å². The summed E-state index contributed by atoms with van der Waals surface area (Å²) in [5, 5.41) is 19.3. The molecule has 2 aromatic carbocycles. The highest BCUT2D eigenvalue weighted by Gasteiger charge is 2.25. The Morgan fingerprint density at radius 2 is 1.74 bits per heavy atom. The van der Waals surface area contributed by atoms with Crippen LogP contribution in [0.15, 0.2) is 42.5 Å². The predicted molar refractivity (Wildman–Crippen MR) is 104 cm³/mol. The van der Waals surface area contributed by atoms with Gasteiger partial charge in [-0.25, -0.2) is 4.39 Å². The van der Waals surface area contributed by atoms with Gasteiger partial charge >= 0.3 is 0 Å². The summed E-state index contributed by atoms with van der Waals surface area (Å²) in [4.78, 5) is 4.41. The minimum absolute atomic E-state index is 0.0106. The van der Waals surface area contributed by atoms with E-state index < -0.39 is 0 Å². The highest BCUT2D eigenvalue weighted by molar-refractivity contribution is 6.33. The monoisotopic (exact) mass is 394 g/mol. The molecule has 1 atom stereocenters. The molecule has 0 saturated carbocycles. The highest BCUT2D eigenvalue weighted by atomic mass is 35.5. The molecule has 27 heavy (non-hydrogen) atoms. The molecule has 0 spiro atoms. The number of ether oxygens (including phenoxy) is 1. The fourth-order valence-corrected chi connectivity index (χ4v) is 3.68. The Kier molecular flexibility index (Phi) is 6.90. The smallest absolute Gasteiger partial charge is 0.123 e. The van der Waals surface area contributed by atoms with Crippen LogP contribution in [-0.2, 0) is 0 Å². The second-order valence-corrected chi connectivity index (χ2v) is 6.87. The van der Waals surface area contributed by atoms with Crippen LogP contribution in [0.2, 0.25) is 5.02 Å². The number of hydrogen-bond donors (Lipinski definition) is 2. The number of piperazine rings is 1. The van der Waals surface area contributed by atoms with Gasteiger partial charge in [-0.1, -0.05) is 23.7 Å². The number of aliphatic hydroxyl groups excluding tert-OH is 2. The molecule has 2 N–H and O–H groups in total. The summed E-state index contributed by atoms with van der Waals surface area (Å²) < 4.78 is 18.5. The first-order chi connectivity index (χ1) is 13.1. The van der Waals surface area contributed by atoms with Crippen LogP contribution in [0.5, 0.6) is 5.75 Å². The number of halogens is 2. The van der Waals surface area contributed by atoms with E-state index in [1.165, 1.54) is 12.1 Å². The van der Waals surface area contributed by atoms with Crippen molar-refractivity contribution in [3.8, 4) is 5.75 Å². The van der Waals surface area contributed by atoms with E-state index in [1.807, 2.05) is 12.1 Å². The van der Waals surface area contributed by atoms with Crippen LogP contribution >= 0.6 is 11.6 Å². The molecule has 146 valence electrons. The average molecular weight is 395 g/mol. The van der Waals surface area contributed by atoms with Crippen molar-refractivity contribution >= 4 is 17.3 Å². The van der Waals surface area contributed by atoms with E-state index in [4.69, 9.17) is 21.4 Å². The van der Waals surface area contributed by atoms with Crippen LogP contribution in [0.1, 0.15) is 11.6 Å². The maximum atomic E-state index is 13.2. The average Bonchev–Trinajstić information content (AvgIpc) is 2.69. The molecule has 1 aliphatic rings. The Bertz CT molecular complexity index is 737. The molecule has 5 nitrogen and oxygen atoms in total. The molecule has 3 rings (SSSR count). The first kappa shape index (κ1) is 19.9.